The molecule has 2 amide bonds. The Balaban J connectivity index is 1.61. The molecule has 1 unspecified atom stereocenters. The first kappa shape index (κ1) is 17.5. The molecular weight excluding hydrogens is 348 g/mol. The number of rotatable bonds is 3. The van der Waals surface area contributed by atoms with E-state index in [9.17, 15) is 14.4 Å². The van der Waals surface area contributed by atoms with E-state index in [-0.39, 0.29) is 17.7 Å². The molecule has 2 aliphatic heterocycles. The maximum absolute atomic E-state index is 12.2. The maximum atomic E-state index is 12.2. The second-order valence-corrected chi connectivity index (χ2v) is 7.31. The fraction of sp³-hybridized carbons (Fsp3) is 0.474. The number of nitrogens with zero attached hydrogens (tertiary/aromatic N) is 3. The van der Waals surface area contributed by atoms with Gasteiger partial charge in [0.05, 0.1) is 23.0 Å². The molecule has 0 radical (unpaired) electrons. The number of fused-ring (bicyclic) bond motifs is 1. The minimum absolute atomic E-state index is 0.233. The molecule has 27 heavy (non-hydrogen) atoms. The van der Waals surface area contributed by atoms with Crippen molar-refractivity contribution in [2.45, 2.75) is 31.6 Å². The van der Waals surface area contributed by atoms with Crippen molar-refractivity contribution in [3.8, 4) is 0 Å². The van der Waals surface area contributed by atoms with Gasteiger partial charge in [-0.25, -0.2) is 0 Å². The lowest BCUT2D eigenvalue weighted by molar-refractivity contribution is -0.142. The van der Waals surface area contributed by atoms with Crippen LogP contribution in [0.15, 0.2) is 18.2 Å². The topological polar surface area (TPSA) is 105 Å². The summed E-state index contributed by atoms with van der Waals surface area (Å²) < 4.78 is 1.77. The lowest BCUT2D eigenvalue weighted by atomic mass is 9.92. The molecule has 1 aromatic heterocycles. The van der Waals surface area contributed by atoms with E-state index in [1.165, 1.54) is 0 Å². The van der Waals surface area contributed by atoms with Crippen molar-refractivity contribution in [2.75, 3.05) is 18.0 Å². The molecule has 0 aliphatic carbocycles. The van der Waals surface area contributed by atoms with Crippen LogP contribution in [0.2, 0.25) is 0 Å². The summed E-state index contributed by atoms with van der Waals surface area (Å²) in [5, 5.41) is 17.0. The second kappa shape index (κ2) is 6.68. The van der Waals surface area contributed by atoms with Crippen LogP contribution in [0.3, 0.4) is 0 Å². The highest BCUT2D eigenvalue weighted by molar-refractivity contribution is 6.02. The summed E-state index contributed by atoms with van der Waals surface area (Å²) in [6, 6.07) is 6.01. The van der Waals surface area contributed by atoms with Gasteiger partial charge in [0, 0.05) is 37.6 Å². The number of carboxylic acids is 1. The van der Waals surface area contributed by atoms with Gasteiger partial charge in [-0.3, -0.25) is 24.4 Å². The van der Waals surface area contributed by atoms with Crippen molar-refractivity contribution in [3.63, 3.8) is 0 Å². The van der Waals surface area contributed by atoms with Crippen LogP contribution in [0, 0.1) is 5.92 Å². The van der Waals surface area contributed by atoms with E-state index >= 15 is 0 Å². The Kier molecular flexibility index (Phi) is 4.33. The third-order valence-corrected chi connectivity index (χ3v) is 5.64. The third-order valence-electron chi connectivity index (χ3n) is 5.64. The number of piperidine rings is 2. The lowest BCUT2D eigenvalue weighted by Gasteiger charge is -2.32. The third kappa shape index (κ3) is 3.15. The summed E-state index contributed by atoms with van der Waals surface area (Å²) in [6.07, 6.45) is 2.08. The van der Waals surface area contributed by atoms with Crippen molar-refractivity contribution in [1.82, 2.24) is 15.1 Å². The number of hydrogen-bond acceptors (Lipinski definition) is 5. The predicted octanol–water partition coefficient (Wildman–Crippen LogP) is 1.39. The molecule has 1 atom stereocenters. The summed E-state index contributed by atoms with van der Waals surface area (Å²) in [6.45, 7) is 1.42. The Morgan fingerprint density at radius 1 is 1.22 bits per heavy atom. The Hall–Kier alpha value is -2.90. The van der Waals surface area contributed by atoms with Crippen LogP contribution in [0.1, 0.15) is 37.3 Å². The van der Waals surface area contributed by atoms with Gasteiger partial charge in [-0.15, -0.1) is 0 Å². The smallest absolute Gasteiger partial charge is 0.306 e. The quantitative estimate of drug-likeness (QED) is 0.792. The van der Waals surface area contributed by atoms with Crippen LogP contribution in [0.25, 0.3) is 10.9 Å². The molecule has 0 spiro atoms. The van der Waals surface area contributed by atoms with Crippen LogP contribution in [0.4, 0.5) is 5.69 Å². The number of benzene rings is 1. The zero-order valence-corrected chi connectivity index (χ0v) is 15.1. The molecule has 1 aromatic carbocycles. The lowest BCUT2D eigenvalue weighted by Crippen LogP contribution is -2.39. The van der Waals surface area contributed by atoms with Gasteiger partial charge >= 0.3 is 5.97 Å². The number of aromatic nitrogens is 2. The normalized spacial score (nSPS) is 21.5. The number of carboxylic acid groups (broad SMARTS) is 1. The van der Waals surface area contributed by atoms with Gasteiger partial charge in [0.1, 0.15) is 0 Å². The minimum Gasteiger partial charge on any atom is -0.481 e. The molecule has 3 heterocycles. The number of anilines is 1. The van der Waals surface area contributed by atoms with E-state index in [0.717, 1.165) is 16.6 Å². The summed E-state index contributed by atoms with van der Waals surface area (Å²) >= 11 is 0. The zero-order valence-electron chi connectivity index (χ0n) is 15.1. The molecule has 8 nitrogen and oxygen atoms in total. The van der Waals surface area contributed by atoms with Crippen molar-refractivity contribution < 1.29 is 19.5 Å². The van der Waals surface area contributed by atoms with Crippen LogP contribution >= 0.6 is 0 Å². The number of nitrogens with one attached hydrogen (secondary N) is 1. The van der Waals surface area contributed by atoms with Gasteiger partial charge in [0.15, 0.2) is 0 Å². The molecule has 4 rings (SSSR count). The first-order valence-corrected chi connectivity index (χ1v) is 9.22. The van der Waals surface area contributed by atoms with E-state index in [2.05, 4.69) is 15.3 Å². The van der Waals surface area contributed by atoms with Crippen molar-refractivity contribution >= 4 is 34.4 Å². The number of aliphatic carboxylic acids is 1. The number of carbonyl (C=O) groups is 3. The maximum Gasteiger partial charge on any atom is 0.306 e. The first-order chi connectivity index (χ1) is 12.9. The van der Waals surface area contributed by atoms with E-state index in [1.54, 1.807) is 4.68 Å². The summed E-state index contributed by atoms with van der Waals surface area (Å²) in [4.78, 5) is 37.0. The highest BCUT2D eigenvalue weighted by Crippen LogP contribution is 2.33. The monoisotopic (exact) mass is 370 g/mol. The fourth-order valence-corrected chi connectivity index (χ4v) is 4.07. The van der Waals surface area contributed by atoms with Gasteiger partial charge in [-0.1, -0.05) is 0 Å². The standard InChI is InChI=1S/C19H22N4O4/c1-22-15-10-12(23-8-6-11(7-9-23)19(26)27)2-3-13(15)17(21-22)14-4-5-16(24)20-18(14)25/h2-3,10-11,14H,4-9H2,1H3,(H,26,27)(H,20,24,25). The predicted molar refractivity (Wildman–Crippen MR) is 98.4 cm³/mol. The van der Waals surface area contributed by atoms with Crippen molar-refractivity contribution in [2.24, 2.45) is 13.0 Å². The molecular formula is C19H22N4O4. The van der Waals surface area contributed by atoms with Crippen molar-refractivity contribution in [3.05, 3.63) is 23.9 Å². The highest BCUT2D eigenvalue weighted by Gasteiger charge is 2.32. The molecule has 2 aromatic rings. The van der Waals surface area contributed by atoms with Gasteiger partial charge < -0.3 is 10.0 Å². The summed E-state index contributed by atoms with van der Waals surface area (Å²) in [5.41, 5.74) is 2.66. The Labute approximate surface area is 156 Å². The molecule has 0 bridgehead atoms. The molecule has 2 saturated heterocycles. The van der Waals surface area contributed by atoms with Crippen molar-refractivity contribution in [1.29, 1.82) is 0 Å². The van der Waals surface area contributed by atoms with Crippen LogP contribution < -0.4 is 10.2 Å². The highest BCUT2D eigenvalue weighted by atomic mass is 16.4. The van der Waals surface area contributed by atoms with Gasteiger partial charge in [-0.05, 0) is 37.5 Å². The summed E-state index contributed by atoms with van der Waals surface area (Å²) in [5.74, 6) is -1.91. The fourth-order valence-electron chi connectivity index (χ4n) is 4.07. The number of imide groups is 1. The molecule has 2 aliphatic rings. The molecule has 8 heteroatoms. The number of carbonyl (C=O) groups excluding carboxylic acids is 2. The number of amides is 2. The number of hydrogen-bond donors (Lipinski definition) is 2. The van der Waals surface area contributed by atoms with Crippen LogP contribution in [-0.2, 0) is 21.4 Å². The Morgan fingerprint density at radius 3 is 2.63 bits per heavy atom. The minimum atomic E-state index is -0.717. The summed E-state index contributed by atoms with van der Waals surface area (Å²) in [7, 11) is 1.85. The molecule has 0 saturated carbocycles. The van der Waals surface area contributed by atoms with E-state index in [0.29, 0.717) is 44.5 Å². The van der Waals surface area contributed by atoms with Gasteiger partial charge in [0.25, 0.3) is 0 Å². The number of aryl methyl sites for hydroxylation is 1. The largest absolute Gasteiger partial charge is 0.481 e. The van der Waals surface area contributed by atoms with E-state index in [4.69, 9.17) is 5.11 Å². The van der Waals surface area contributed by atoms with Crippen LogP contribution in [-0.4, -0.2) is 45.8 Å². The average molecular weight is 370 g/mol. The van der Waals surface area contributed by atoms with E-state index < -0.39 is 11.9 Å². The van der Waals surface area contributed by atoms with Gasteiger partial charge in [-0.2, -0.15) is 5.10 Å². The molecule has 142 valence electrons. The second-order valence-electron chi connectivity index (χ2n) is 7.31. The Morgan fingerprint density at radius 2 is 1.96 bits per heavy atom. The molecule has 2 fully saturated rings. The van der Waals surface area contributed by atoms with Gasteiger partial charge in [0.2, 0.25) is 11.8 Å². The zero-order chi connectivity index (χ0) is 19.1. The van der Waals surface area contributed by atoms with E-state index in [1.807, 2.05) is 25.2 Å². The first-order valence-electron chi connectivity index (χ1n) is 9.22. The molecule has 2 N–H and O–H groups in total. The SMILES string of the molecule is Cn1nc(C2CCC(=O)NC2=O)c2ccc(N3CCC(C(=O)O)CC3)cc21. The van der Waals surface area contributed by atoms with Crippen LogP contribution in [0.5, 0.6) is 0 Å². The average Bonchev–Trinajstić information content (AvgIpc) is 2.98. The Bertz CT molecular complexity index is 927.